The maximum atomic E-state index is 13.6. The summed E-state index contributed by atoms with van der Waals surface area (Å²) in [6.45, 7) is 10.1. The maximum Gasteiger partial charge on any atom is 0.359 e. The number of esters is 1. The third-order valence-corrected chi connectivity index (χ3v) is 5.38. The number of fused-ring (bicyclic) bond motifs is 1. The van der Waals surface area contributed by atoms with E-state index in [0.29, 0.717) is 29.1 Å². The number of aryl methyl sites for hydroxylation is 2. The number of benzene rings is 2. The zero-order valence-corrected chi connectivity index (χ0v) is 19.0. The molecule has 2 aromatic heterocycles. The van der Waals surface area contributed by atoms with Gasteiger partial charge in [0.05, 0.1) is 12.3 Å². The number of carbonyl (C=O) groups is 1. The van der Waals surface area contributed by atoms with Gasteiger partial charge in [0.1, 0.15) is 5.52 Å². The van der Waals surface area contributed by atoms with Crippen molar-refractivity contribution in [2.45, 2.75) is 33.7 Å². The number of imidazole rings is 1. The van der Waals surface area contributed by atoms with Gasteiger partial charge in [-0.2, -0.15) is 0 Å². The summed E-state index contributed by atoms with van der Waals surface area (Å²) in [6.07, 6.45) is 2.28. The van der Waals surface area contributed by atoms with E-state index >= 15 is 0 Å². The summed E-state index contributed by atoms with van der Waals surface area (Å²) in [5, 5.41) is 0. The van der Waals surface area contributed by atoms with Crippen LogP contribution in [0.15, 0.2) is 66.0 Å². The maximum absolute atomic E-state index is 13.6. The third kappa shape index (κ3) is 4.09. The van der Waals surface area contributed by atoms with E-state index < -0.39 is 5.97 Å². The average Bonchev–Trinajstić information content (AvgIpc) is 3.09. The molecule has 0 aliphatic carbocycles. The van der Waals surface area contributed by atoms with Gasteiger partial charge in [-0.25, -0.2) is 24.1 Å². The summed E-state index contributed by atoms with van der Waals surface area (Å²) < 4.78 is 8.43. The fraction of sp³-hybridized carbons (Fsp3) is 0.231. The van der Waals surface area contributed by atoms with Gasteiger partial charge < -0.3 is 4.74 Å². The zero-order chi connectivity index (χ0) is 23.5. The number of ether oxygens (including phenoxy) is 1. The lowest BCUT2D eigenvalue weighted by Gasteiger charge is -2.10. The highest BCUT2D eigenvalue weighted by Crippen LogP contribution is 2.25. The summed E-state index contributed by atoms with van der Waals surface area (Å²) in [6, 6.07) is 15.3. The molecule has 4 aromatic rings. The molecule has 33 heavy (non-hydrogen) atoms. The van der Waals surface area contributed by atoms with Crippen LogP contribution in [0.3, 0.4) is 0 Å². The van der Waals surface area contributed by atoms with Crippen molar-refractivity contribution in [3.63, 3.8) is 0 Å². The molecule has 0 fully saturated rings. The SMILES string of the molecule is C=CCn1c(=O)n(-c2ccccc2C)c2nc(-c3ccc(C)cc3)nc(C(=O)OCCC)c21. The van der Waals surface area contributed by atoms with Crippen molar-refractivity contribution >= 4 is 17.1 Å². The van der Waals surface area contributed by atoms with Gasteiger partial charge >= 0.3 is 11.7 Å². The van der Waals surface area contributed by atoms with Gasteiger partial charge in [-0.3, -0.25) is 4.57 Å². The van der Waals surface area contributed by atoms with E-state index in [4.69, 9.17) is 9.72 Å². The molecule has 0 aliphatic heterocycles. The molecule has 168 valence electrons. The first-order valence-electron chi connectivity index (χ1n) is 10.9. The number of aromatic nitrogens is 4. The summed E-state index contributed by atoms with van der Waals surface area (Å²) in [5.41, 5.74) is 3.86. The average molecular weight is 443 g/mol. The highest BCUT2D eigenvalue weighted by Gasteiger charge is 2.26. The van der Waals surface area contributed by atoms with E-state index in [1.807, 2.05) is 69.3 Å². The molecule has 0 N–H and O–H groups in total. The summed E-state index contributed by atoms with van der Waals surface area (Å²) in [4.78, 5) is 36.0. The zero-order valence-electron chi connectivity index (χ0n) is 19.0. The lowest BCUT2D eigenvalue weighted by atomic mass is 10.1. The van der Waals surface area contributed by atoms with E-state index in [1.165, 1.54) is 9.13 Å². The fourth-order valence-electron chi connectivity index (χ4n) is 3.72. The van der Waals surface area contributed by atoms with Crippen molar-refractivity contribution in [3.05, 3.63) is 88.5 Å². The molecule has 0 aliphatic rings. The van der Waals surface area contributed by atoms with Crippen molar-refractivity contribution in [2.75, 3.05) is 6.61 Å². The Morgan fingerprint density at radius 3 is 2.48 bits per heavy atom. The Balaban J connectivity index is 2.11. The molecule has 0 atom stereocenters. The second kappa shape index (κ2) is 9.24. The van der Waals surface area contributed by atoms with Crippen LogP contribution >= 0.6 is 0 Å². The topological polar surface area (TPSA) is 79.0 Å². The molecule has 4 rings (SSSR count). The quantitative estimate of drug-likeness (QED) is 0.308. The van der Waals surface area contributed by atoms with Crippen molar-refractivity contribution in [3.8, 4) is 17.1 Å². The van der Waals surface area contributed by atoms with Gasteiger partial charge in [0.2, 0.25) is 0 Å². The van der Waals surface area contributed by atoms with Gasteiger partial charge in [-0.15, -0.1) is 6.58 Å². The molecule has 2 heterocycles. The van der Waals surface area contributed by atoms with Crippen LogP contribution in [0.1, 0.15) is 35.0 Å². The Kier molecular flexibility index (Phi) is 6.22. The van der Waals surface area contributed by atoms with Crippen LogP contribution in [0.25, 0.3) is 28.2 Å². The number of hydrogen-bond donors (Lipinski definition) is 0. The minimum atomic E-state index is -0.586. The van der Waals surface area contributed by atoms with Crippen molar-refractivity contribution in [1.29, 1.82) is 0 Å². The lowest BCUT2D eigenvalue weighted by Crippen LogP contribution is -2.23. The molecule has 0 spiro atoms. The minimum Gasteiger partial charge on any atom is -0.461 e. The number of rotatable bonds is 7. The van der Waals surface area contributed by atoms with Crippen molar-refractivity contribution in [1.82, 2.24) is 19.1 Å². The summed E-state index contributed by atoms with van der Waals surface area (Å²) >= 11 is 0. The first kappa shape index (κ1) is 22.2. The van der Waals surface area contributed by atoms with Gasteiger partial charge in [0.25, 0.3) is 0 Å². The smallest absolute Gasteiger partial charge is 0.359 e. The van der Waals surface area contributed by atoms with Crippen LogP contribution in [0, 0.1) is 13.8 Å². The van der Waals surface area contributed by atoms with Crippen LogP contribution in [0.4, 0.5) is 0 Å². The molecule has 0 saturated carbocycles. The van der Waals surface area contributed by atoms with Crippen LogP contribution in [0.2, 0.25) is 0 Å². The predicted molar refractivity (Wildman–Crippen MR) is 129 cm³/mol. The molecule has 0 amide bonds. The highest BCUT2D eigenvalue weighted by molar-refractivity contribution is 6.00. The van der Waals surface area contributed by atoms with Gasteiger partial charge in [-0.1, -0.05) is 61.0 Å². The Labute approximate surface area is 192 Å². The van der Waals surface area contributed by atoms with Crippen molar-refractivity contribution in [2.24, 2.45) is 0 Å². The van der Waals surface area contributed by atoms with E-state index in [-0.39, 0.29) is 24.5 Å². The first-order valence-corrected chi connectivity index (χ1v) is 10.9. The monoisotopic (exact) mass is 442 g/mol. The first-order chi connectivity index (χ1) is 16.0. The number of allylic oxidation sites excluding steroid dienone is 1. The van der Waals surface area contributed by atoms with E-state index in [0.717, 1.165) is 16.7 Å². The Hall–Kier alpha value is -4.00. The Morgan fingerprint density at radius 1 is 1.09 bits per heavy atom. The molecule has 2 aromatic carbocycles. The van der Waals surface area contributed by atoms with E-state index in [1.54, 1.807) is 6.08 Å². The fourth-order valence-corrected chi connectivity index (χ4v) is 3.72. The normalized spacial score (nSPS) is 11.0. The van der Waals surface area contributed by atoms with Crippen LogP contribution in [0.5, 0.6) is 0 Å². The van der Waals surface area contributed by atoms with E-state index in [2.05, 4.69) is 11.6 Å². The molecule has 0 unspecified atom stereocenters. The number of hydrogen-bond acceptors (Lipinski definition) is 5. The lowest BCUT2D eigenvalue weighted by molar-refractivity contribution is 0.0500. The number of nitrogens with zero attached hydrogens (tertiary/aromatic N) is 4. The predicted octanol–water partition coefficient (Wildman–Crippen LogP) is 4.62. The number of carbonyl (C=O) groups excluding carboxylic acids is 1. The molecule has 0 radical (unpaired) electrons. The molecular formula is C26H26N4O3. The van der Waals surface area contributed by atoms with Gasteiger partial charge in [0.15, 0.2) is 17.2 Å². The Bertz CT molecular complexity index is 1400. The summed E-state index contributed by atoms with van der Waals surface area (Å²) in [5.74, 6) is -0.235. The Morgan fingerprint density at radius 2 is 1.82 bits per heavy atom. The second-order valence-electron chi connectivity index (χ2n) is 7.87. The van der Waals surface area contributed by atoms with Crippen LogP contribution in [-0.2, 0) is 11.3 Å². The molecule has 7 nitrogen and oxygen atoms in total. The third-order valence-electron chi connectivity index (χ3n) is 5.38. The molecule has 0 saturated heterocycles. The highest BCUT2D eigenvalue weighted by atomic mass is 16.5. The summed E-state index contributed by atoms with van der Waals surface area (Å²) in [7, 11) is 0. The van der Waals surface area contributed by atoms with Gasteiger partial charge in [0, 0.05) is 12.1 Å². The number of para-hydroxylation sites is 1. The minimum absolute atomic E-state index is 0.0651. The molecular weight excluding hydrogens is 416 g/mol. The second-order valence-corrected chi connectivity index (χ2v) is 7.87. The van der Waals surface area contributed by atoms with Crippen molar-refractivity contribution < 1.29 is 9.53 Å². The largest absolute Gasteiger partial charge is 0.461 e. The van der Waals surface area contributed by atoms with Gasteiger partial charge in [-0.05, 0) is 31.9 Å². The molecule has 0 bridgehead atoms. The standard InChI is InChI=1S/C26H26N4O3/c1-5-15-29-22-21(25(31)33-16-6-2)27-23(19-13-11-17(3)12-14-19)28-24(22)30(26(29)32)20-10-8-7-9-18(20)4/h5,7-14H,1,6,15-16H2,2-4H3. The van der Waals surface area contributed by atoms with E-state index in [9.17, 15) is 9.59 Å². The van der Waals surface area contributed by atoms with Crippen LogP contribution in [-0.4, -0.2) is 31.7 Å². The van der Waals surface area contributed by atoms with Crippen LogP contribution < -0.4 is 5.69 Å². The molecule has 7 heteroatoms.